The Balaban J connectivity index is 1.62. The van der Waals surface area contributed by atoms with Gasteiger partial charge in [-0.2, -0.15) is 10.1 Å². The molecule has 0 spiro atoms. The molecule has 0 saturated heterocycles. The van der Waals surface area contributed by atoms with Crippen LogP contribution in [0.4, 0.5) is 5.95 Å². The van der Waals surface area contributed by atoms with Crippen LogP contribution < -0.4 is 10.1 Å². The average molecular weight is 492 g/mol. The van der Waals surface area contributed by atoms with Crippen molar-refractivity contribution in [2.45, 2.75) is 12.1 Å². The maximum atomic E-state index is 6.58. The topological polar surface area (TPSA) is 52.0 Å². The summed E-state index contributed by atoms with van der Waals surface area (Å²) in [5, 5.41) is 8.75. The smallest absolute Gasteiger partial charge is 0.226 e. The second kappa shape index (κ2) is 7.25. The fourth-order valence-electron chi connectivity index (χ4n) is 4.30. The van der Waals surface area contributed by atoms with Crippen LogP contribution in [0.3, 0.4) is 0 Å². The Morgan fingerprint density at radius 1 is 0.935 bits per heavy atom. The second-order valence-corrected chi connectivity index (χ2v) is 8.84. The van der Waals surface area contributed by atoms with Gasteiger partial charge in [0.05, 0.1) is 5.70 Å². The second-order valence-electron chi connectivity index (χ2n) is 7.48. The van der Waals surface area contributed by atoms with Gasteiger partial charge in [0.1, 0.15) is 24.2 Å². The van der Waals surface area contributed by atoms with Gasteiger partial charge in [0, 0.05) is 20.6 Å². The minimum Gasteiger partial charge on any atom is -0.480 e. The SMILES string of the molecule is Clc1ccc([C@H]2Oc3ccccc3C3=C2[C@H](c2ccc(Br)cc2)n2ncnc2N3)cc1. The maximum absolute atomic E-state index is 6.58. The van der Waals surface area contributed by atoms with Gasteiger partial charge in [-0.1, -0.05) is 63.9 Å². The lowest BCUT2D eigenvalue weighted by Crippen LogP contribution is -2.32. The predicted molar refractivity (Wildman–Crippen MR) is 124 cm³/mol. The van der Waals surface area contributed by atoms with Crippen molar-refractivity contribution < 1.29 is 4.74 Å². The first-order valence-electron chi connectivity index (χ1n) is 9.86. The molecule has 0 bridgehead atoms. The molecule has 7 heteroatoms. The van der Waals surface area contributed by atoms with Gasteiger partial charge in [0.15, 0.2) is 0 Å². The van der Waals surface area contributed by atoms with Crippen LogP contribution in [0.25, 0.3) is 5.70 Å². The summed E-state index contributed by atoms with van der Waals surface area (Å²) < 4.78 is 9.53. The van der Waals surface area contributed by atoms with Crippen LogP contribution in [0, 0.1) is 0 Å². The summed E-state index contributed by atoms with van der Waals surface area (Å²) in [6, 6.07) is 24.0. The number of aromatic nitrogens is 3. The Kier molecular flexibility index (Phi) is 4.37. The molecule has 152 valence electrons. The van der Waals surface area contributed by atoms with E-state index in [4.69, 9.17) is 16.3 Å². The van der Waals surface area contributed by atoms with Crippen LogP contribution >= 0.6 is 27.5 Å². The van der Waals surface area contributed by atoms with Crippen LogP contribution in [0.5, 0.6) is 5.75 Å². The molecule has 0 amide bonds. The summed E-state index contributed by atoms with van der Waals surface area (Å²) in [4.78, 5) is 4.46. The highest BCUT2D eigenvalue weighted by atomic mass is 79.9. The Morgan fingerprint density at radius 2 is 1.68 bits per heavy atom. The van der Waals surface area contributed by atoms with Gasteiger partial charge in [-0.15, -0.1) is 0 Å². The summed E-state index contributed by atoms with van der Waals surface area (Å²) in [6.07, 6.45) is 1.28. The van der Waals surface area contributed by atoms with Crippen molar-refractivity contribution in [3.05, 3.63) is 111 Å². The molecular weight excluding hydrogens is 476 g/mol. The van der Waals surface area contributed by atoms with Crippen molar-refractivity contribution in [2.75, 3.05) is 5.32 Å². The summed E-state index contributed by atoms with van der Waals surface area (Å²) in [7, 11) is 0. The Morgan fingerprint density at radius 3 is 2.48 bits per heavy atom. The Hall–Kier alpha value is -3.09. The standard InChI is InChI=1S/C24H16BrClN4O/c25-16-9-5-14(6-10-16)22-20-21(29-24-27-13-28-30(22)24)18-3-1-2-4-19(18)31-23(20)15-7-11-17(26)12-8-15/h1-13,22-23H,(H,27,28,29)/t22-,23+/m0/s1. The lowest BCUT2D eigenvalue weighted by molar-refractivity contribution is 0.223. The van der Waals surface area contributed by atoms with Crippen molar-refractivity contribution in [1.82, 2.24) is 14.8 Å². The summed E-state index contributed by atoms with van der Waals surface area (Å²) >= 11 is 9.71. The first-order chi connectivity index (χ1) is 15.2. The van der Waals surface area contributed by atoms with Crippen molar-refractivity contribution in [2.24, 2.45) is 0 Å². The zero-order valence-corrected chi connectivity index (χ0v) is 18.5. The molecule has 1 aromatic heterocycles. The van der Waals surface area contributed by atoms with Gasteiger partial charge < -0.3 is 10.1 Å². The van der Waals surface area contributed by atoms with Crippen molar-refractivity contribution >= 4 is 39.2 Å². The van der Waals surface area contributed by atoms with E-state index >= 15 is 0 Å². The zero-order valence-electron chi connectivity index (χ0n) is 16.2. The van der Waals surface area contributed by atoms with E-state index in [1.165, 1.54) is 0 Å². The van der Waals surface area contributed by atoms with E-state index in [9.17, 15) is 0 Å². The number of para-hydroxylation sites is 1. The molecule has 2 aliphatic heterocycles. The third-order valence-electron chi connectivity index (χ3n) is 5.68. The molecule has 0 radical (unpaired) electrons. The van der Waals surface area contributed by atoms with Gasteiger partial charge in [0.25, 0.3) is 0 Å². The highest BCUT2D eigenvalue weighted by Crippen LogP contribution is 2.50. The fourth-order valence-corrected chi connectivity index (χ4v) is 4.69. The van der Waals surface area contributed by atoms with E-state index in [0.29, 0.717) is 11.0 Å². The number of fused-ring (bicyclic) bond motifs is 3. The Bertz CT molecular complexity index is 1310. The molecule has 0 unspecified atom stereocenters. The minimum atomic E-state index is -0.305. The molecule has 31 heavy (non-hydrogen) atoms. The molecule has 0 saturated carbocycles. The number of nitrogens with one attached hydrogen (secondary N) is 1. The van der Waals surface area contributed by atoms with E-state index in [1.54, 1.807) is 6.33 Å². The van der Waals surface area contributed by atoms with Crippen LogP contribution in [0.15, 0.2) is 89.2 Å². The van der Waals surface area contributed by atoms with Gasteiger partial charge >= 0.3 is 0 Å². The van der Waals surface area contributed by atoms with Gasteiger partial charge in [-0.05, 0) is 47.5 Å². The van der Waals surface area contributed by atoms with Crippen molar-refractivity contribution in [3.63, 3.8) is 0 Å². The molecular formula is C24H16BrClN4O. The van der Waals surface area contributed by atoms with Crippen LogP contribution in [-0.4, -0.2) is 14.8 Å². The number of ether oxygens (including phenoxy) is 1. The highest BCUT2D eigenvalue weighted by molar-refractivity contribution is 9.10. The molecule has 3 heterocycles. The minimum absolute atomic E-state index is 0.170. The Labute approximate surface area is 192 Å². The van der Waals surface area contributed by atoms with E-state index < -0.39 is 0 Å². The maximum Gasteiger partial charge on any atom is 0.226 e. The van der Waals surface area contributed by atoms with Crippen LogP contribution in [0.2, 0.25) is 5.02 Å². The molecule has 2 aliphatic rings. The number of hydrogen-bond donors (Lipinski definition) is 1. The summed E-state index contributed by atoms with van der Waals surface area (Å²) in [5.41, 5.74) is 5.24. The molecule has 0 aliphatic carbocycles. The largest absolute Gasteiger partial charge is 0.480 e. The normalized spacial score (nSPS) is 19.0. The van der Waals surface area contributed by atoms with E-state index in [1.807, 2.05) is 59.3 Å². The summed E-state index contributed by atoms with van der Waals surface area (Å²) in [5.74, 6) is 1.54. The number of nitrogens with zero attached hydrogens (tertiary/aromatic N) is 3. The first kappa shape index (κ1) is 18.7. The van der Waals surface area contributed by atoms with E-state index in [2.05, 4.69) is 49.5 Å². The highest BCUT2D eigenvalue weighted by Gasteiger charge is 2.40. The molecule has 2 atom stereocenters. The van der Waals surface area contributed by atoms with Gasteiger partial charge in [-0.3, -0.25) is 0 Å². The third kappa shape index (κ3) is 3.06. The average Bonchev–Trinajstić information content (AvgIpc) is 3.27. The number of rotatable bonds is 2. The van der Waals surface area contributed by atoms with Crippen LogP contribution in [0.1, 0.15) is 28.8 Å². The van der Waals surface area contributed by atoms with Crippen molar-refractivity contribution in [3.8, 4) is 5.75 Å². The zero-order chi connectivity index (χ0) is 20.9. The number of benzene rings is 3. The van der Waals surface area contributed by atoms with Crippen LogP contribution in [-0.2, 0) is 0 Å². The molecule has 5 nitrogen and oxygen atoms in total. The van der Waals surface area contributed by atoms with Crippen molar-refractivity contribution in [1.29, 1.82) is 0 Å². The number of hydrogen-bond acceptors (Lipinski definition) is 4. The third-order valence-corrected chi connectivity index (χ3v) is 6.46. The van der Waals surface area contributed by atoms with E-state index in [0.717, 1.165) is 38.2 Å². The van der Waals surface area contributed by atoms with Gasteiger partial charge in [-0.25, -0.2) is 4.68 Å². The molecule has 1 N–H and O–H groups in total. The van der Waals surface area contributed by atoms with Gasteiger partial charge in [0.2, 0.25) is 5.95 Å². The molecule has 6 rings (SSSR count). The van der Waals surface area contributed by atoms with E-state index in [-0.39, 0.29) is 12.1 Å². The quantitative estimate of drug-likeness (QED) is 0.360. The molecule has 0 fully saturated rings. The number of anilines is 1. The predicted octanol–water partition coefficient (Wildman–Crippen LogP) is 6.25. The first-order valence-corrected chi connectivity index (χ1v) is 11.0. The lowest BCUT2D eigenvalue weighted by atomic mass is 9.84. The fraction of sp³-hybridized carbons (Fsp3) is 0.0833. The molecule has 3 aromatic carbocycles. The molecule has 4 aromatic rings. The lowest BCUT2D eigenvalue weighted by Gasteiger charge is -2.39. The monoisotopic (exact) mass is 490 g/mol. The number of halogens is 2. The summed E-state index contributed by atoms with van der Waals surface area (Å²) in [6.45, 7) is 0.